The summed E-state index contributed by atoms with van der Waals surface area (Å²) in [5.41, 5.74) is 3.43. The van der Waals surface area contributed by atoms with E-state index >= 15 is 0 Å². The SMILES string of the molecule is CCc1ccccc1N(CC(=O)N(Cc1ccccc1)Cc1ccccc1)S(C)(=O)=O. The van der Waals surface area contributed by atoms with Gasteiger partial charge in [0.2, 0.25) is 15.9 Å². The highest BCUT2D eigenvalue weighted by Gasteiger charge is 2.25. The van der Waals surface area contributed by atoms with Crippen LogP contribution >= 0.6 is 0 Å². The van der Waals surface area contributed by atoms with E-state index in [4.69, 9.17) is 0 Å². The van der Waals surface area contributed by atoms with Gasteiger partial charge >= 0.3 is 0 Å². The molecule has 3 aromatic carbocycles. The number of hydrogen-bond acceptors (Lipinski definition) is 3. The molecule has 0 unspecified atom stereocenters. The molecule has 0 aliphatic heterocycles. The van der Waals surface area contributed by atoms with Crippen molar-refractivity contribution in [2.75, 3.05) is 17.1 Å². The molecule has 3 rings (SSSR count). The van der Waals surface area contributed by atoms with Gasteiger partial charge in [-0.25, -0.2) is 8.42 Å². The lowest BCUT2D eigenvalue weighted by atomic mass is 10.1. The molecule has 31 heavy (non-hydrogen) atoms. The summed E-state index contributed by atoms with van der Waals surface area (Å²) >= 11 is 0. The second-order valence-corrected chi connectivity index (χ2v) is 9.38. The number of sulfonamides is 1. The van der Waals surface area contributed by atoms with Gasteiger partial charge in [0.25, 0.3) is 0 Å². The Morgan fingerprint density at radius 2 is 1.26 bits per heavy atom. The van der Waals surface area contributed by atoms with Gasteiger partial charge in [0, 0.05) is 13.1 Å². The Hall–Kier alpha value is -3.12. The van der Waals surface area contributed by atoms with Crippen molar-refractivity contribution in [2.24, 2.45) is 0 Å². The molecule has 0 saturated heterocycles. The molecule has 0 saturated carbocycles. The lowest BCUT2D eigenvalue weighted by Crippen LogP contribution is -2.42. The molecular formula is C25H28N2O3S. The highest BCUT2D eigenvalue weighted by atomic mass is 32.2. The molecule has 0 radical (unpaired) electrons. The number of amides is 1. The number of benzene rings is 3. The summed E-state index contributed by atoms with van der Waals surface area (Å²) in [5, 5.41) is 0. The van der Waals surface area contributed by atoms with E-state index in [1.807, 2.05) is 79.7 Å². The van der Waals surface area contributed by atoms with Crippen LogP contribution in [-0.4, -0.2) is 32.0 Å². The summed E-state index contributed by atoms with van der Waals surface area (Å²) in [6, 6.07) is 26.8. The van der Waals surface area contributed by atoms with Crippen molar-refractivity contribution in [3.8, 4) is 0 Å². The fourth-order valence-electron chi connectivity index (χ4n) is 3.50. The number of rotatable bonds is 9. The van der Waals surface area contributed by atoms with Gasteiger partial charge in [-0.3, -0.25) is 9.10 Å². The number of aryl methyl sites for hydroxylation is 1. The molecule has 0 N–H and O–H groups in total. The van der Waals surface area contributed by atoms with Gasteiger partial charge in [-0.1, -0.05) is 85.8 Å². The maximum absolute atomic E-state index is 13.4. The topological polar surface area (TPSA) is 57.7 Å². The molecule has 162 valence electrons. The zero-order chi connectivity index (χ0) is 22.3. The van der Waals surface area contributed by atoms with Gasteiger partial charge in [0.1, 0.15) is 6.54 Å². The molecule has 0 aliphatic rings. The molecule has 5 nitrogen and oxygen atoms in total. The first-order valence-corrected chi connectivity index (χ1v) is 12.1. The maximum Gasteiger partial charge on any atom is 0.243 e. The number of para-hydroxylation sites is 1. The van der Waals surface area contributed by atoms with E-state index in [-0.39, 0.29) is 12.5 Å². The van der Waals surface area contributed by atoms with Crippen LogP contribution in [0.1, 0.15) is 23.6 Å². The normalized spacial score (nSPS) is 11.2. The molecular weight excluding hydrogens is 408 g/mol. The first-order chi connectivity index (χ1) is 14.9. The number of nitrogens with zero attached hydrogens (tertiary/aromatic N) is 2. The van der Waals surface area contributed by atoms with Crippen LogP contribution < -0.4 is 4.31 Å². The lowest BCUT2D eigenvalue weighted by molar-refractivity contribution is -0.130. The van der Waals surface area contributed by atoms with Crippen LogP contribution in [0.3, 0.4) is 0 Å². The summed E-state index contributed by atoms with van der Waals surface area (Å²) in [5.74, 6) is -0.246. The fourth-order valence-corrected chi connectivity index (χ4v) is 4.38. The minimum atomic E-state index is -3.64. The summed E-state index contributed by atoms with van der Waals surface area (Å²) in [7, 11) is -3.64. The van der Waals surface area contributed by atoms with Gasteiger partial charge in [0.15, 0.2) is 0 Å². The Morgan fingerprint density at radius 1 is 0.774 bits per heavy atom. The van der Waals surface area contributed by atoms with Crippen molar-refractivity contribution in [1.29, 1.82) is 0 Å². The average molecular weight is 437 g/mol. The number of hydrogen-bond donors (Lipinski definition) is 0. The Kier molecular flexibility index (Phi) is 7.47. The molecule has 0 fully saturated rings. The molecule has 3 aromatic rings. The minimum absolute atomic E-state index is 0.241. The summed E-state index contributed by atoms with van der Waals surface area (Å²) in [4.78, 5) is 15.1. The molecule has 0 atom stereocenters. The van der Waals surface area contributed by atoms with Gasteiger partial charge in [-0.05, 0) is 29.2 Å². The number of carbonyl (C=O) groups is 1. The van der Waals surface area contributed by atoms with Crippen molar-refractivity contribution < 1.29 is 13.2 Å². The zero-order valence-corrected chi connectivity index (χ0v) is 18.8. The predicted octanol–water partition coefficient (Wildman–Crippen LogP) is 4.24. The third-order valence-electron chi connectivity index (χ3n) is 5.11. The van der Waals surface area contributed by atoms with Gasteiger partial charge in [-0.2, -0.15) is 0 Å². The van der Waals surface area contributed by atoms with E-state index in [2.05, 4.69) is 0 Å². The quantitative estimate of drug-likeness (QED) is 0.504. The van der Waals surface area contributed by atoms with Gasteiger partial charge in [0.05, 0.1) is 11.9 Å². The standard InChI is InChI=1S/C25H28N2O3S/c1-3-23-16-10-11-17-24(23)27(31(2,29)30)20-25(28)26(18-21-12-6-4-7-13-21)19-22-14-8-5-9-15-22/h4-17H,3,18-20H2,1-2H3. The van der Waals surface area contributed by atoms with Crippen LogP contribution in [-0.2, 0) is 34.3 Å². The summed E-state index contributed by atoms with van der Waals surface area (Å²) < 4.78 is 26.5. The van der Waals surface area contributed by atoms with Gasteiger partial charge < -0.3 is 4.90 Å². The second kappa shape index (κ2) is 10.3. The van der Waals surface area contributed by atoms with Crippen molar-refractivity contribution in [3.63, 3.8) is 0 Å². The smallest absolute Gasteiger partial charge is 0.243 e. The summed E-state index contributed by atoms with van der Waals surface area (Å²) in [6.45, 7) is 2.54. The molecule has 0 aliphatic carbocycles. The van der Waals surface area contributed by atoms with Crippen LogP contribution in [0.15, 0.2) is 84.9 Å². The highest BCUT2D eigenvalue weighted by Crippen LogP contribution is 2.24. The van der Waals surface area contributed by atoms with E-state index in [1.165, 1.54) is 4.31 Å². The van der Waals surface area contributed by atoms with E-state index in [0.29, 0.717) is 25.2 Å². The Morgan fingerprint density at radius 3 is 1.74 bits per heavy atom. The summed E-state index contributed by atoms with van der Waals surface area (Å²) in [6.07, 6.45) is 1.82. The maximum atomic E-state index is 13.4. The first kappa shape index (κ1) is 22.6. The monoisotopic (exact) mass is 436 g/mol. The zero-order valence-electron chi connectivity index (χ0n) is 17.9. The molecule has 0 aromatic heterocycles. The largest absolute Gasteiger partial charge is 0.332 e. The van der Waals surface area contributed by atoms with Crippen molar-refractivity contribution >= 4 is 21.6 Å². The minimum Gasteiger partial charge on any atom is -0.332 e. The van der Waals surface area contributed by atoms with Crippen molar-refractivity contribution in [3.05, 3.63) is 102 Å². The van der Waals surface area contributed by atoms with Crippen LogP contribution in [0.25, 0.3) is 0 Å². The number of carbonyl (C=O) groups excluding carboxylic acids is 1. The predicted molar refractivity (Wildman–Crippen MR) is 125 cm³/mol. The highest BCUT2D eigenvalue weighted by molar-refractivity contribution is 7.92. The van der Waals surface area contributed by atoms with Crippen molar-refractivity contribution in [2.45, 2.75) is 26.4 Å². The first-order valence-electron chi connectivity index (χ1n) is 10.3. The fraction of sp³-hybridized carbons (Fsp3) is 0.240. The Bertz CT molecular complexity index is 1060. The van der Waals surface area contributed by atoms with E-state index < -0.39 is 10.0 Å². The van der Waals surface area contributed by atoms with E-state index in [0.717, 1.165) is 22.9 Å². The van der Waals surface area contributed by atoms with E-state index in [9.17, 15) is 13.2 Å². The average Bonchev–Trinajstić information content (AvgIpc) is 2.77. The van der Waals surface area contributed by atoms with Gasteiger partial charge in [-0.15, -0.1) is 0 Å². The Labute approximate surface area is 185 Å². The van der Waals surface area contributed by atoms with Crippen molar-refractivity contribution in [1.82, 2.24) is 4.90 Å². The van der Waals surface area contributed by atoms with Crippen LogP contribution in [0, 0.1) is 0 Å². The Balaban J connectivity index is 1.91. The van der Waals surface area contributed by atoms with Crippen LogP contribution in [0.4, 0.5) is 5.69 Å². The third kappa shape index (κ3) is 6.18. The molecule has 0 bridgehead atoms. The lowest BCUT2D eigenvalue weighted by Gasteiger charge is -2.29. The number of anilines is 1. The molecule has 0 heterocycles. The van der Waals surface area contributed by atoms with E-state index in [1.54, 1.807) is 17.0 Å². The molecule has 6 heteroatoms. The van der Waals surface area contributed by atoms with Crippen LogP contribution in [0.2, 0.25) is 0 Å². The molecule has 0 spiro atoms. The molecule has 1 amide bonds. The van der Waals surface area contributed by atoms with Crippen LogP contribution in [0.5, 0.6) is 0 Å². The second-order valence-electron chi connectivity index (χ2n) is 7.47. The third-order valence-corrected chi connectivity index (χ3v) is 6.23.